The van der Waals surface area contributed by atoms with Gasteiger partial charge in [0.1, 0.15) is 0 Å². The molecule has 0 spiro atoms. The van der Waals surface area contributed by atoms with E-state index >= 15 is 0 Å². The van der Waals surface area contributed by atoms with Gasteiger partial charge in [-0.2, -0.15) is 0 Å². The Balaban J connectivity index is 2.57. The van der Waals surface area contributed by atoms with Crippen molar-refractivity contribution in [2.24, 2.45) is 5.73 Å². The summed E-state index contributed by atoms with van der Waals surface area (Å²) in [6.45, 7) is 1.67. The van der Waals surface area contributed by atoms with Gasteiger partial charge in [-0.25, -0.2) is 9.78 Å². The van der Waals surface area contributed by atoms with Crippen molar-refractivity contribution in [2.75, 3.05) is 0 Å². The van der Waals surface area contributed by atoms with Crippen LogP contribution in [0.4, 0.5) is 4.79 Å². The number of carbonyl (C=O) groups is 2. The van der Waals surface area contributed by atoms with Crippen LogP contribution in [0.15, 0.2) is 27.8 Å². The number of imide groups is 1. The zero-order valence-electron chi connectivity index (χ0n) is 8.44. The van der Waals surface area contributed by atoms with Crippen molar-refractivity contribution < 1.29 is 9.59 Å². The van der Waals surface area contributed by atoms with E-state index in [9.17, 15) is 9.59 Å². The van der Waals surface area contributed by atoms with Crippen molar-refractivity contribution in [1.82, 2.24) is 10.3 Å². The second-order valence-electron chi connectivity index (χ2n) is 2.93. The molecular formula is C9H10BrN3O2S. The third-order valence-corrected chi connectivity index (χ3v) is 3.13. The first-order valence-electron chi connectivity index (χ1n) is 4.37. The first-order valence-corrected chi connectivity index (χ1v) is 6.05. The fourth-order valence-corrected chi connectivity index (χ4v) is 1.91. The lowest BCUT2D eigenvalue weighted by molar-refractivity contribution is -0.119. The minimum atomic E-state index is -0.846. The number of nitrogens with zero attached hydrogens (tertiary/aromatic N) is 1. The van der Waals surface area contributed by atoms with Crippen molar-refractivity contribution >= 4 is 39.6 Å². The van der Waals surface area contributed by atoms with E-state index < -0.39 is 17.2 Å². The molecule has 1 aromatic heterocycles. The van der Waals surface area contributed by atoms with Crippen LogP contribution >= 0.6 is 27.7 Å². The zero-order chi connectivity index (χ0) is 12.1. The van der Waals surface area contributed by atoms with Gasteiger partial charge in [0.15, 0.2) is 0 Å². The van der Waals surface area contributed by atoms with E-state index in [1.54, 1.807) is 19.2 Å². The first kappa shape index (κ1) is 13.0. The van der Waals surface area contributed by atoms with Crippen molar-refractivity contribution in [2.45, 2.75) is 17.2 Å². The fourth-order valence-electron chi connectivity index (χ4n) is 0.890. The summed E-state index contributed by atoms with van der Waals surface area (Å²) >= 11 is 4.51. The number of nitrogens with two attached hydrogens (primary N) is 1. The third kappa shape index (κ3) is 4.19. The summed E-state index contributed by atoms with van der Waals surface area (Å²) in [6.07, 6.45) is 1.64. The summed E-state index contributed by atoms with van der Waals surface area (Å²) in [5.41, 5.74) is 4.84. The van der Waals surface area contributed by atoms with E-state index in [2.05, 4.69) is 20.9 Å². The quantitative estimate of drug-likeness (QED) is 0.829. The fraction of sp³-hybridized carbons (Fsp3) is 0.222. The number of aromatic nitrogens is 1. The molecule has 0 aromatic carbocycles. The van der Waals surface area contributed by atoms with Crippen molar-refractivity contribution in [3.8, 4) is 0 Å². The van der Waals surface area contributed by atoms with E-state index in [-0.39, 0.29) is 0 Å². The highest BCUT2D eigenvalue weighted by molar-refractivity contribution is 9.10. The molecule has 3 N–H and O–H groups in total. The topological polar surface area (TPSA) is 85.1 Å². The van der Waals surface area contributed by atoms with E-state index in [0.717, 1.165) is 4.47 Å². The third-order valence-electron chi connectivity index (χ3n) is 1.61. The first-order chi connectivity index (χ1) is 7.49. The van der Waals surface area contributed by atoms with Gasteiger partial charge in [-0.05, 0) is 35.0 Å². The van der Waals surface area contributed by atoms with Gasteiger partial charge in [0, 0.05) is 10.7 Å². The van der Waals surface area contributed by atoms with Crippen LogP contribution in [0.5, 0.6) is 0 Å². The lowest BCUT2D eigenvalue weighted by Gasteiger charge is -2.08. The summed E-state index contributed by atoms with van der Waals surface area (Å²) in [7, 11) is 0. The van der Waals surface area contributed by atoms with Crippen LogP contribution in [0.1, 0.15) is 6.92 Å². The lowest BCUT2D eigenvalue weighted by atomic mass is 10.4. The van der Waals surface area contributed by atoms with Crippen LogP contribution < -0.4 is 11.1 Å². The van der Waals surface area contributed by atoms with Crippen molar-refractivity contribution in [1.29, 1.82) is 0 Å². The number of pyridine rings is 1. The molecule has 0 aliphatic rings. The Morgan fingerprint density at radius 3 is 2.75 bits per heavy atom. The molecular weight excluding hydrogens is 294 g/mol. The van der Waals surface area contributed by atoms with Crippen LogP contribution in [0, 0.1) is 0 Å². The number of nitrogens with one attached hydrogen (secondary N) is 1. The molecule has 16 heavy (non-hydrogen) atoms. The monoisotopic (exact) mass is 303 g/mol. The molecule has 86 valence electrons. The summed E-state index contributed by atoms with van der Waals surface area (Å²) in [6, 6.07) is 2.76. The number of carbonyl (C=O) groups excluding carboxylic acids is 2. The molecule has 1 atom stereocenters. The molecule has 0 radical (unpaired) electrons. The molecule has 0 bridgehead atoms. The molecule has 5 nitrogen and oxygen atoms in total. The number of urea groups is 1. The van der Waals surface area contributed by atoms with Crippen LogP contribution in [0.2, 0.25) is 0 Å². The minimum Gasteiger partial charge on any atom is -0.351 e. The SMILES string of the molecule is C[C@H](Sc1ccc(Br)cn1)C(=O)NC(N)=O. The highest BCUT2D eigenvalue weighted by Crippen LogP contribution is 2.22. The summed E-state index contributed by atoms with van der Waals surface area (Å²) < 4.78 is 0.867. The Bertz CT molecular complexity index is 396. The number of hydrogen-bond donors (Lipinski definition) is 2. The standard InChI is InChI=1S/C9H10BrN3O2S/c1-5(8(14)13-9(11)15)16-7-3-2-6(10)4-12-7/h2-5H,1H3,(H3,11,13,14,15)/t5-/m0/s1. The van der Waals surface area contributed by atoms with Gasteiger partial charge < -0.3 is 5.73 Å². The molecule has 0 unspecified atom stereocenters. The largest absolute Gasteiger partial charge is 0.351 e. The number of thioether (sulfide) groups is 1. The van der Waals surface area contributed by atoms with Gasteiger partial charge in [0.2, 0.25) is 5.91 Å². The Hall–Kier alpha value is -1.08. The second kappa shape index (κ2) is 5.86. The molecule has 7 heteroatoms. The number of amides is 3. The average Bonchev–Trinajstić information content (AvgIpc) is 2.20. The summed E-state index contributed by atoms with van der Waals surface area (Å²) in [5.74, 6) is -0.429. The second-order valence-corrected chi connectivity index (χ2v) is 5.20. The van der Waals surface area contributed by atoms with Gasteiger partial charge in [-0.15, -0.1) is 0 Å². The van der Waals surface area contributed by atoms with Crippen LogP contribution in [0.3, 0.4) is 0 Å². The Kier molecular flexibility index (Phi) is 4.75. The molecule has 1 heterocycles. The highest BCUT2D eigenvalue weighted by Gasteiger charge is 2.16. The molecule has 0 aliphatic carbocycles. The van der Waals surface area contributed by atoms with Crippen LogP contribution in [0.25, 0.3) is 0 Å². The minimum absolute atomic E-state index is 0.429. The molecule has 0 saturated heterocycles. The molecule has 3 amide bonds. The number of hydrogen-bond acceptors (Lipinski definition) is 4. The molecule has 0 aliphatic heterocycles. The number of primary amides is 1. The summed E-state index contributed by atoms with van der Waals surface area (Å²) in [4.78, 5) is 25.9. The van der Waals surface area contributed by atoms with E-state index in [1.165, 1.54) is 11.8 Å². The summed E-state index contributed by atoms with van der Waals surface area (Å²) in [5, 5.41) is 2.29. The van der Waals surface area contributed by atoms with Crippen LogP contribution in [-0.4, -0.2) is 22.2 Å². The number of rotatable bonds is 3. The predicted molar refractivity (Wildman–Crippen MR) is 65.0 cm³/mol. The molecule has 0 saturated carbocycles. The van der Waals surface area contributed by atoms with Gasteiger partial charge >= 0.3 is 6.03 Å². The average molecular weight is 304 g/mol. The van der Waals surface area contributed by atoms with Gasteiger partial charge in [-0.1, -0.05) is 11.8 Å². The number of halogens is 1. The zero-order valence-corrected chi connectivity index (χ0v) is 10.8. The smallest absolute Gasteiger partial charge is 0.318 e. The van der Waals surface area contributed by atoms with Crippen molar-refractivity contribution in [3.05, 3.63) is 22.8 Å². The normalized spacial score (nSPS) is 11.9. The molecule has 1 rings (SSSR count). The van der Waals surface area contributed by atoms with Gasteiger partial charge in [0.25, 0.3) is 0 Å². The van der Waals surface area contributed by atoms with E-state index in [1.807, 2.05) is 11.4 Å². The molecule has 1 aromatic rings. The highest BCUT2D eigenvalue weighted by atomic mass is 79.9. The Morgan fingerprint density at radius 1 is 1.56 bits per heavy atom. The maximum atomic E-state index is 11.4. The van der Waals surface area contributed by atoms with Gasteiger partial charge in [-0.3, -0.25) is 10.1 Å². The van der Waals surface area contributed by atoms with Gasteiger partial charge in [0.05, 0.1) is 10.3 Å². The maximum absolute atomic E-state index is 11.4. The Morgan fingerprint density at radius 2 is 2.25 bits per heavy atom. The maximum Gasteiger partial charge on any atom is 0.318 e. The van der Waals surface area contributed by atoms with E-state index in [4.69, 9.17) is 5.73 Å². The predicted octanol–water partition coefficient (Wildman–Crippen LogP) is 1.52. The van der Waals surface area contributed by atoms with E-state index in [0.29, 0.717) is 5.03 Å². The van der Waals surface area contributed by atoms with Crippen LogP contribution in [-0.2, 0) is 4.79 Å². The lowest BCUT2D eigenvalue weighted by Crippen LogP contribution is -2.39. The van der Waals surface area contributed by atoms with Crippen molar-refractivity contribution in [3.63, 3.8) is 0 Å². The Labute approximate surface area is 105 Å². The molecule has 0 fully saturated rings.